The Morgan fingerprint density at radius 1 is 1.08 bits per heavy atom. The highest BCUT2D eigenvalue weighted by atomic mass is 32.2. The summed E-state index contributed by atoms with van der Waals surface area (Å²) in [6.45, 7) is 3.31. The van der Waals surface area contributed by atoms with Crippen molar-refractivity contribution in [1.29, 1.82) is 0 Å². The highest BCUT2D eigenvalue weighted by Crippen LogP contribution is 2.33. The van der Waals surface area contributed by atoms with Crippen molar-refractivity contribution in [3.8, 4) is 22.8 Å². The third-order valence-electron chi connectivity index (χ3n) is 5.64. The highest BCUT2D eigenvalue weighted by molar-refractivity contribution is 7.99. The fraction of sp³-hybridized carbons (Fsp3) is 0.185. The number of benzene rings is 3. The molecule has 12 heteroatoms. The lowest BCUT2D eigenvalue weighted by atomic mass is 10.1. The molecule has 0 bridgehead atoms. The van der Waals surface area contributed by atoms with E-state index in [9.17, 15) is 24.8 Å². The number of thioether (sulfide) groups is 1. The van der Waals surface area contributed by atoms with E-state index in [2.05, 4.69) is 10.2 Å². The number of carbonyl (C=O) groups excluding carboxylic acids is 2. The summed E-state index contributed by atoms with van der Waals surface area (Å²) in [5, 5.41) is 30.7. The van der Waals surface area contributed by atoms with Crippen molar-refractivity contribution in [2.75, 3.05) is 23.8 Å². The van der Waals surface area contributed by atoms with E-state index >= 15 is 0 Å². The molecule has 4 aromatic rings. The molecule has 0 saturated carbocycles. The number of aromatic hydroxyl groups is 1. The number of phenolic OH excluding ortho intramolecular Hbond substituents is 1. The van der Waals surface area contributed by atoms with Gasteiger partial charge in [-0.3, -0.25) is 24.3 Å². The summed E-state index contributed by atoms with van der Waals surface area (Å²) < 4.78 is 6.74. The van der Waals surface area contributed by atoms with Gasteiger partial charge in [-0.25, -0.2) is 0 Å². The van der Waals surface area contributed by atoms with E-state index in [-0.39, 0.29) is 29.5 Å². The summed E-state index contributed by atoms with van der Waals surface area (Å²) in [4.78, 5) is 37.5. The molecule has 0 aliphatic heterocycles. The first-order valence-corrected chi connectivity index (χ1v) is 12.9. The molecular formula is C27H25N5O6S. The van der Waals surface area contributed by atoms with Crippen molar-refractivity contribution in [3.05, 3.63) is 88.5 Å². The summed E-state index contributed by atoms with van der Waals surface area (Å²) in [6, 6.07) is 19.8. The molecule has 4 rings (SSSR count). The summed E-state index contributed by atoms with van der Waals surface area (Å²) >= 11 is 1.08. The second kappa shape index (κ2) is 12.2. The lowest BCUT2D eigenvalue weighted by Gasteiger charge is -2.21. The Balaban J connectivity index is 1.67. The van der Waals surface area contributed by atoms with E-state index in [0.29, 0.717) is 16.5 Å². The minimum atomic E-state index is -0.646. The predicted octanol–water partition coefficient (Wildman–Crippen LogP) is 4.54. The van der Waals surface area contributed by atoms with Gasteiger partial charge >= 0.3 is 5.97 Å². The van der Waals surface area contributed by atoms with Crippen molar-refractivity contribution in [3.63, 3.8) is 0 Å². The molecule has 1 N–H and O–H groups in total. The first-order chi connectivity index (χ1) is 18.8. The number of rotatable bonds is 10. The van der Waals surface area contributed by atoms with Crippen LogP contribution in [0.15, 0.2) is 78.0 Å². The normalized spacial score (nSPS) is 10.7. The predicted molar refractivity (Wildman–Crippen MR) is 146 cm³/mol. The van der Waals surface area contributed by atoms with Gasteiger partial charge < -0.3 is 14.7 Å². The second-order valence-corrected chi connectivity index (χ2v) is 9.29. The molecule has 0 fully saturated rings. The third-order valence-corrected chi connectivity index (χ3v) is 6.55. The first-order valence-electron chi connectivity index (χ1n) is 11.9. The molecule has 0 radical (unpaired) electrons. The average Bonchev–Trinajstić information content (AvgIpc) is 3.35. The van der Waals surface area contributed by atoms with Crippen LogP contribution >= 0.6 is 11.8 Å². The highest BCUT2D eigenvalue weighted by Gasteiger charge is 2.24. The van der Waals surface area contributed by atoms with Crippen LogP contribution in [0.5, 0.6) is 5.75 Å². The van der Waals surface area contributed by atoms with E-state index in [1.54, 1.807) is 35.8 Å². The van der Waals surface area contributed by atoms with Gasteiger partial charge in [-0.2, -0.15) is 0 Å². The number of hydrogen-bond acceptors (Lipinski definition) is 9. The maximum absolute atomic E-state index is 13.4. The molecule has 0 aliphatic carbocycles. The van der Waals surface area contributed by atoms with Crippen molar-refractivity contribution in [1.82, 2.24) is 14.8 Å². The van der Waals surface area contributed by atoms with Crippen molar-refractivity contribution < 1.29 is 24.4 Å². The molecule has 0 atom stereocenters. The molecule has 0 spiro atoms. The monoisotopic (exact) mass is 547 g/mol. The number of aryl methyl sites for hydroxylation is 1. The van der Waals surface area contributed by atoms with E-state index in [4.69, 9.17) is 4.74 Å². The van der Waals surface area contributed by atoms with Crippen LogP contribution in [0.3, 0.4) is 0 Å². The van der Waals surface area contributed by atoms with Crippen molar-refractivity contribution in [2.45, 2.75) is 19.0 Å². The minimum absolute atomic E-state index is 0.0252. The van der Waals surface area contributed by atoms with Crippen LogP contribution in [0.1, 0.15) is 12.5 Å². The summed E-state index contributed by atoms with van der Waals surface area (Å²) in [6.07, 6.45) is 0. The van der Waals surface area contributed by atoms with Gasteiger partial charge in [0.15, 0.2) is 11.0 Å². The Morgan fingerprint density at radius 3 is 2.51 bits per heavy atom. The number of nitro benzene ring substituents is 1. The van der Waals surface area contributed by atoms with Gasteiger partial charge in [0.05, 0.1) is 28.5 Å². The zero-order valence-corrected chi connectivity index (χ0v) is 22.0. The topological polar surface area (TPSA) is 141 Å². The van der Waals surface area contributed by atoms with Gasteiger partial charge in [-0.05, 0) is 44.2 Å². The Kier molecular flexibility index (Phi) is 8.56. The maximum atomic E-state index is 13.4. The van der Waals surface area contributed by atoms with Gasteiger partial charge in [-0.15, -0.1) is 10.2 Å². The van der Waals surface area contributed by atoms with Crippen LogP contribution in [0.2, 0.25) is 0 Å². The number of anilines is 1. The number of nitro groups is 1. The second-order valence-electron chi connectivity index (χ2n) is 8.34. The fourth-order valence-corrected chi connectivity index (χ4v) is 4.59. The maximum Gasteiger partial charge on any atom is 0.326 e. The molecular weight excluding hydrogens is 522 g/mol. The number of nitrogens with zero attached hydrogens (tertiary/aromatic N) is 5. The Bertz CT molecular complexity index is 1500. The van der Waals surface area contributed by atoms with Crippen molar-refractivity contribution >= 4 is 35.0 Å². The van der Waals surface area contributed by atoms with E-state index in [0.717, 1.165) is 27.9 Å². The summed E-state index contributed by atoms with van der Waals surface area (Å²) in [5.41, 5.74) is 2.21. The molecule has 3 aromatic carbocycles. The SMILES string of the molecule is CCOC(=O)CN(C(=O)CSc1nnc(-c2ccccc2O)n1-c1ccc(C)cc1)c1cccc([N+](=O)[O-])c1. The lowest BCUT2D eigenvalue weighted by Crippen LogP contribution is -2.37. The van der Waals surface area contributed by atoms with Crippen molar-refractivity contribution in [2.24, 2.45) is 0 Å². The quantitative estimate of drug-likeness (QED) is 0.131. The minimum Gasteiger partial charge on any atom is -0.507 e. The summed E-state index contributed by atoms with van der Waals surface area (Å²) in [5.74, 6) is -0.887. The zero-order valence-electron chi connectivity index (χ0n) is 21.2. The number of para-hydroxylation sites is 1. The zero-order chi connectivity index (χ0) is 27.9. The average molecular weight is 548 g/mol. The number of hydrogen-bond donors (Lipinski definition) is 1. The van der Waals surface area contributed by atoms with Crippen LogP contribution in [-0.2, 0) is 14.3 Å². The molecule has 11 nitrogen and oxygen atoms in total. The van der Waals surface area contributed by atoms with Gasteiger partial charge in [-0.1, -0.05) is 47.7 Å². The lowest BCUT2D eigenvalue weighted by molar-refractivity contribution is -0.384. The Morgan fingerprint density at radius 2 is 1.82 bits per heavy atom. The van der Waals surface area contributed by atoms with Gasteiger partial charge in [0.1, 0.15) is 12.3 Å². The molecule has 1 aromatic heterocycles. The Labute approximate surface area is 228 Å². The van der Waals surface area contributed by atoms with Gasteiger partial charge in [0, 0.05) is 17.8 Å². The Hall–Kier alpha value is -4.71. The third kappa shape index (κ3) is 6.41. The van der Waals surface area contributed by atoms with Crippen LogP contribution in [0.4, 0.5) is 11.4 Å². The smallest absolute Gasteiger partial charge is 0.326 e. The van der Waals surface area contributed by atoms with Crippen LogP contribution in [0.25, 0.3) is 17.1 Å². The molecule has 0 saturated heterocycles. The molecule has 39 heavy (non-hydrogen) atoms. The number of aromatic nitrogens is 3. The fourth-order valence-electron chi connectivity index (χ4n) is 3.77. The number of esters is 1. The number of carbonyl (C=O) groups is 2. The number of ether oxygens (including phenoxy) is 1. The standard InChI is InChI=1S/C27H25N5O6S/c1-3-38-25(35)16-30(20-7-6-8-21(15-20)32(36)37)24(34)17-39-27-29-28-26(22-9-4-5-10-23(22)33)31(27)19-13-11-18(2)12-14-19/h4-15,33H,3,16-17H2,1-2H3. The number of phenols is 1. The van der Waals surface area contributed by atoms with Crippen LogP contribution in [-0.4, -0.2) is 55.6 Å². The largest absolute Gasteiger partial charge is 0.507 e. The molecule has 1 heterocycles. The summed E-state index contributed by atoms with van der Waals surface area (Å²) in [7, 11) is 0. The van der Waals surface area contributed by atoms with E-state index in [1.807, 2.05) is 31.2 Å². The molecule has 0 unspecified atom stereocenters. The molecule has 200 valence electrons. The molecule has 1 amide bonds. The molecule has 0 aliphatic rings. The number of amides is 1. The first kappa shape index (κ1) is 27.3. The van der Waals surface area contributed by atoms with Crippen LogP contribution in [0, 0.1) is 17.0 Å². The van der Waals surface area contributed by atoms with Crippen LogP contribution < -0.4 is 4.90 Å². The number of non-ortho nitro benzene ring substituents is 1. The van der Waals surface area contributed by atoms with Gasteiger partial charge in [0.25, 0.3) is 5.69 Å². The van der Waals surface area contributed by atoms with Gasteiger partial charge in [0.2, 0.25) is 5.91 Å². The van der Waals surface area contributed by atoms with E-state index < -0.39 is 23.3 Å². The van der Waals surface area contributed by atoms with E-state index in [1.165, 1.54) is 24.3 Å².